The van der Waals surface area contributed by atoms with Crippen LogP contribution < -0.4 is 10.5 Å². The second kappa shape index (κ2) is 7.28. The van der Waals surface area contributed by atoms with Gasteiger partial charge in [0.15, 0.2) is 0 Å². The fourth-order valence-electron chi connectivity index (χ4n) is 1.06. The van der Waals surface area contributed by atoms with Gasteiger partial charge in [-0.3, -0.25) is 0 Å². The summed E-state index contributed by atoms with van der Waals surface area (Å²) in [7, 11) is -4.44. The number of alkyl halides is 2. The standard InChI is InChI=1S/C9H9BrClF3N2O2S.ClH/c10-5-1-7(12)8(2-6(5)11)19(17,18)16-4-9(13,14)3-15;/h1-2,16H,3-4,15H2;1H. The van der Waals surface area contributed by atoms with Crippen LogP contribution in [0, 0.1) is 5.82 Å². The molecule has 1 aromatic carbocycles. The van der Waals surface area contributed by atoms with Crippen molar-refractivity contribution in [3.05, 3.63) is 27.4 Å². The summed E-state index contributed by atoms with van der Waals surface area (Å²) in [6.07, 6.45) is 0. The molecule has 20 heavy (non-hydrogen) atoms. The third kappa shape index (κ3) is 5.05. The van der Waals surface area contributed by atoms with E-state index in [-0.39, 0.29) is 21.9 Å². The van der Waals surface area contributed by atoms with Crippen molar-refractivity contribution in [3.8, 4) is 0 Å². The lowest BCUT2D eigenvalue weighted by Gasteiger charge is -2.15. The first kappa shape index (κ1) is 19.9. The van der Waals surface area contributed by atoms with Crippen LogP contribution >= 0.6 is 39.9 Å². The van der Waals surface area contributed by atoms with E-state index in [1.54, 1.807) is 4.72 Å². The lowest BCUT2D eigenvalue weighted by atomic mass is 10.3. The van der Waals surface area contributed by atoms with Gasteiger partial charge < -0.3 is 5.73 Å². The molecule has 0 heterocycles. The Bertz CT molecular complexity index is 587. The van der Waals surface area contributed by atoms with Crippen molar-refractivity contribution >= 4 is 50.0 Å². The number of hydrogen-bond acceptors (Lipinski definition) is 3. The largest absolute Gasteiger partial charge is 0.325 e. The maximum atomic E-state index is 13.5. The molecule has 11 heteroatoms. The van der Waals surface area contributed by atoms with Gasteiger partial charge in [-0.1, -0.05) is 11.6 Å². The third-order valence-electron chi connectivity index (χ3n) is 2.08. The maximum absolute atomic E-state index is 13.5. The molecule has 4 nitrogen and oxygen atoms in total. The van der Waals surface area contributed by atoms with Gasteiger partial charge in [0.1, 0.15) is 10.7 Å². The molecule has 0 radical (unpaired) electrons. The molecule has 0 aromatic heterocycles. The fourth-order valence-corrected chi connectivity index (χ4v) is 2.75. The molecule has 0 bridgehead atoms. The quantitative estimate of drug-likeness (QED) is 0.723. The topological polar surface area (TPSA) is 72.2 Å². The summed E-state index contributed by atoms with van der Waals surface area (Å²) in [6, 6.07) is 1.65. The molecule has 0 aliphatic rings. The van der Waals surface area contributed by atoms with Crippen molar-refractivity contribution in [3.63, 3.8) is 0 Å². The summed E-state index contributed by atoms with van der Waals surface area (Å²) in [6.45, 7) is -2.25. The molecule has 0 saturated carbocycles. The molecule has 0 aliphatic heterocycles. The minimum Gasteiger partial charge on any atom is -0.325 e. The van der Waals surface area contributed by atoms with Gasteiger partial charge in [-0.25, -0.2) is 26.3 Å². The van der Waals surface area contributed by atoms with E-state index in [9.17, 15) is 21.6 Å². The Morgan fingerprint density at radius 3 is 2.45 bits per heavy atom. The van der Waals surface area contributed by atoms with Crippen molar-refractivity contribution in [2.24, 2.45) is 5.73 Å². The minimum absolute atomic E-state index is 0. The molecule has 0 atom stereocenters. The Hall–Kier alpha value is -0.0600. The van der Waals surface area contributed by atoms with Crippen LogP contribution in [-0.2, 0) is 10.0 Å². The summed E-state index contributed by atoms with van der Waals surface area (Å²) in [5.41, 5.74) is 4.76. The summed E-state index contributed by atoms with van der Waals surface area (Å²) in [5.74, 6) is -4.53. The lowest BCUT2D eigenvalue weighted by molar-refractivity contribution is 0.0170. The van der Waals surface area contributed by atoms with Gasteiger partial charge in [-0.2, -0.15) is 0 Å². The fraction of sp³-hybridized carbons (Fsp3) is 0.333. The summed E-state index contributed by atoms with van der Waals surface area (Å²) >= 11 is 8.54. The van der Waals surface area contributed by atoms with Gasteiger partial charge in [0, 0.05) is 4.47 Å². The predicted octanol–water partition coefficient (Wildman–Crippen LogP) is 2.54. The van der Waals surface area contributed by atoms with Crippen LogP contribution in [0.5, 0.6) is 0 Å². The molecule has 3 N–H and O–H groups in total. The molecular weight excluding hydrogens is 408 g/mol. The lowest BCUT2D eigenvalue weighted by Crippen LogP contribution is -2.41. The molecule has 0 fully saturated rings. The molecule has 0 saturated heterocycles. The van der Waals surface area contributed by atoms with E-state index in [0.29, 0.717) is 0 Å². The highest BCUT2D eigenvalue weighted by Crippen LogP contribution is 2.28. The number of hydrogen-bond donors (Lipinski definition) is 2. The van der Waals surface area contributed by atoms with E-state index in [1.165, 1.54) is 0 Å². The first-order valence-corrected chi connectivity index (χ1v) is 7.46. The molecule has 116 valence electrons. The maximum Gasteiger partial charge on any atom is 0.273 e. The van der Waals surface area contributed by atoms with Crippen molar-refractivity contribution in [2.45, 2.75) is 10.8 Å². The van der Waals surface area contributed by atoms with Crippen molar-refractivity contribution in [1.82, 2.24) is 4.72 Å². The van der Waals surface area contributed by atoms with Crippen LogP contribution in [0.25, 0.3) is 0 Å². The van der Waals surface area contributed by atoms with E-state index in [0.717, 1.165) is 12.1 Å². The Morgan fingerprint density at radius 1 is 1.40 bits per heavy atom. The van der Waals surface area contributed by atoms with Crippen LogP contribution in [-0.4, -0.2) is 27.4 Å². The molecule has 1 rings (SSSR count). The average molecular weight is 418 g/mol. The highest BCUT2D eigenvalue weighted by Gasteiger charge is 2.30. The van der Waals surface area contributed by atoms with Gasteiger partial charge in [-0.05, 0) is 28.1 Å². The first-order valence-electron chi connectivity index (χ1n) is 4.81. The summed E-state index contributed by atoms with van der Waals surface area (Å²) in [5, 5.41) is -0.0626. The normalized spacial score (nSPS) is 12.1. The van der Waals surface area contributed by atoms with E-state index < -0.39 is 39.7 Å². The van der Waals surface area contributed by atoms with Crippen LogP contribution in [0.3, 0.4) is 0 Å². The van der Waals surface area contributed by atoms with Crippen molar-refractivity contribution < 1.29 is 21.6 Å². The number of sulfonamides is 1. The molecule has 1 aromatic rings. The van der Waals surface area contributed by atoms with Crippen molar-refractivity contribution in [1.29, 1.82) is 0 Å². The van der Waals surface area contributed by atoms with Gasteiger partial charge >= 0.3 is 0 Å². The third-order valence-corrected chi connectivity index (χ3v) is 4.70. The van der Waals surface area contributed by atoms with E-state index in [4.69, 9.17) is 17.3 Å². The molecule has 0 unspecified atom stereocenters. The molecule has 0 spiro atoms. The second-order valence-electron chi connectivity index (χ2n) is 3.58. The minimum atomic E-state index is -4.44. The van der Waals surface area contributed by atoms with Gasteiger partial charge in [0.25, 0.3) is 5.92 Å². The first-order chi connectivity index (χ1) is 8.59. The van der Waals surface area contributed by atoms with Gasteiger partial charge in [0.2, 0.25) is 10.0 Å². The summed E-state index contributed by atoms with van der Waals surface area (Å²) in [4.78, 5) is -0.812. The monoisotopic (exact) mass is 416 g/mol. The molecule has 0 amide bonds. The Kier molecular flexibility index (Phi) is 7.26. The van der Waals surface area contributed by atoms with Gasteiger partial charge in [-0.15, -0.1) is 12.4 Å². The summed E-state index contributed by atoms with van der Waals surface area (Å²) < 4.78 is 64.3. The zero-order valence-electron chi connectivity index (χ0n) is 9.67. The Balaban J connectivity index is 0.00000361. The SMILES string of the molecule is Cl.NCC(F)(F)CNS(=O)(=O)c1cc(Cl)c(Br)cc1F. The second-order valence-corrected chi connectivity index (χ2v) is 6.58. The number of nitrogens with one attached hydrogen (secondary N) is 1. The smallest absolute Gasteiger partial charge is 0.273 e. The zero-order chi connectivity index (χ0) is 14.8. The van der Waals surface area contributed by atoms with Gasteiger partial charge in [0.05, 0.1) is 18.1 Å². The Labute approximate surface area is 133 Å². The Morgan fingerprint density at radius 2 is 1.95 bits per heavy atom. The van der Waals surface area contributed by atoms with E-state index >= 15 is 0 Å². The van der Waals surface area contributed by atoms with Crippen LogP contribution in [0.1, 0.15) is 0 Å². The number of halogens is 6. The number of nitrogens with two attached hydrogens (primary N) is 1. The van der Waals surface area contributed by atoms with Crippen molar-refractivity contribution in [2.75, 3.05) is 13.1 Å². The highest BCUT2D eigenvalue weighted by molar-refractivity contribution is 9.10. The number of rotatable bonds is 5. The molecule has 0 aliphatic carbocycles. The highest BCUT2D eigenvalue weighted by atomic mass is 79.9. The van der Waals surface area contributed by atoms with Crippen LogP contribution in [0.15, 0.2) is 21.5 Å². The zero-order valence-corrected chi connectivity index (χ0v) is 13.6. The molecular formula is C9H10BrCl2F3N2O2S. The van der Waals surface area contributed by atoms with E-state index in [1.807, 2.05) is 0 Å². The van der Waals surface area contributed by atoms with E-state index in [2.05, 4.69) is 15.9 Å². The predicted molar refractivity (Wildman–Crippen MR) is 75.5 cm³/mol. The van der Waals surface area contributed by atoms with Crippen LogP contribution in [0.2, 0.25) is 5.02 Å². The number of benzene rings is 1. The average Bonchev–Trinajstić information content (AvgIpc) is 2.31. The van der Waals surface area contributed by atoms with Crippen LogP contribution in [0.4, 0.5) is 13.2 Å².